The molecule has 262 valence electrons. The fourth-order valence-electron chi connectivity index (χ4n) is 6.22. The van der Waals surface area contributed by atoms with Gasteiger partial charge < -0.3 is 10.0 Å². The molecule has 0 unspecified atom stereocenters. The Bertz CT molecular complexity index is 2610. The van der Waals surface area contributed by atoms with Crippen LogP contribution in [0, 0.1) is 12.7 Å². The lowest BCUT2D eigenvalue weighted by Gasteiger charge is -2.26. The van der Waals surface area contributed by atoms with Crippen molar-refractivity contribution >= 4 is 60.7 Å². The molecule has 1 amide bonds. The number of pyridine rings is 1. The maximum absolute atomic E-state index is 14.3. The summed E-state index contributed by atoms with van der Waals surface area (Å²) in [5.74, 6) is -1.57. The van der Waals surface area contributed by atoms with Gasteiger partial charge in [-0.05, 0) is 55.3 Å². The smallest absolute Gasteiger partial charge is 0.265 e. The number of carbonyl (C=O) groups is 2. The molecule has 2 N–H and O–H groups in total. The number of anilines is 1. The molecule has 3 heterocycles. The summed E-state index contributed by atoms with van der Waals surface area (Å²) >= 11 is 1.29. The van der Waals surface area contributed by atoms with Crippen molar-refractivity contribution in [3.05, 3.63) is 146 Å². The first-order valence-corrected chi connectivity index (χ1v) is 18.5. The largest absolute Gasteiger partial charge is 0.494 e. The van der Waals surface area contributed by atoms with Gasteiger partial charge in [0.05, 0.1) is 33.9 Å². The number of fused-ring (bicyclic) bond motifs is 2. The van der Waals surface area contributed by atoms with Crippen LogP contribution < -0.4 is 10.3 Å². The van der Waals surface area contributed by atoms with Gasteiger partial charge in [-0.1, -0.05) is 66.2 Å². The number of nitrogens with one attached hydrogen (secondary N) is 1. The number of nitrogens with zero attached hydrogens (tertiary/aromatic N) is 3. The number of sulfonamides is 1. The van der Waals surface area contributed by atoms with Crippen molar-refractivity contribution in [3.8, 4) is 11.6 Å². The Kier molecular flexibility index (Phi) is 9.07. The summed E-state index contributed by atoms with van der Waals surface area (Å²) in [6.07, 6.45) is 1.86. The molecular weight excluding hydrogens is 704 g/mol. The molecule has 7 rings (SSSR count). The molecule has 0 fully saturated rings. The average Bonchev–Trinajstić information content (AvgIpc) is 3.50. The Morgan fingerprint density at radius 2 is 1.67 bits per heavy atom. The van der Waals surface area contributed by atoms with Crippen LogP contribution in [0.1, 0.15) is 44.4 Å². The van der Waals surface area contributed by atoms with Crippen LogP contribution in [0.25, 0.3) is 16.5 Å². The molecule has 0 atom stereocenters. The predicted molar refractivity (Wildman–Crippen MR) is 199 cm³/mol. The average molecular weight is 735 g/mol. The highest BCUT2D eigenvalue weighted by molar-refractivity contribution is 7.92. The topological polar surface area (TPSA) is 138 Å². The third-order valence-corrected chi connectivity index (χ3v) is 11.4. The van der Waals surface area contributed by atoms with Crippen LogP contribution in [0.15, 0.2) is 112 Å². The fourth-order valence-corrected chi connectivity index (χ4v) is 8.53. The number of aromatic nitrogens is 1. The Balaban J connectivity index is 1.35. The molecule has 1 aliphatic rings. The van der Waals surface area contributed by atoms with Crippen LogP contribution in [-0.2, 0) is 27.8 Å². The van der Waals surface area contributed by atoms with E-state index in [2.05, 4.69) is 4.72 Å². The normalized spacial score (nSPS) is 13.0. The quantitative estimate of drug-likeness (QED) is 0.129. The summed E-state index contributed by atoms with van der Waals surface area (Å²) in [7, 11) is -4.31. The minimum Gasteiger partial charge on any atom is -0.494 e. The number of benzene rings is 4. The summed E-state index contributed by atoms with van der Waals surface area (Å²) < 4.78 is 44.1. The summed E-state index contributed by atoms with van der Waals surface area (Å²) in [6.45, 7) is 4.23. The SMILES string of the molecule is CC(=O)N1CCc2c(sc(/N=C/c3c(O)n(-c4cccc(S(=O)(=O)Nc5ccccc5F)c4)c(=O)c4ccccc34)c2C(=O)c2ccc(C)cc2)C1. The van der Waals surface area contributed by atoms with Gasteiger partial charge in [0.1, 0.15) is 10.8 Å². The molecule has 0 spiro atoms. The number of ketones is 1. The monoisotopic (exact) mass is 734 g/mol. The van der Waals surface area contributed by atoms with E-state index in [0.29, 0.717) is 41.0 Å². The van der Waals surface area contributed by atoms with Crippen LogP contribution in [0.4, 0.5) is 15.1 Å². The zero-order chi connectivity index (χ0) is 36.7. The van der Waals surface area contributed by atoms with E-state index < -0.39 is 27.3 Å². The van der Waals surface area contributed by atoms with E-state index in [1.165, 1.54) is 66.9 Å². The highest BCUT2D eigenvalue weighted by Crippen LogP contribution is 2.41. The molecule has 1 aliphatic heterocycles. The number of amides is 1. The molecule has 52 heavy (non-hydrogen) atoms. The van der Waals surface area contributed by atoms with E-state index in [-0.39, 0.29) is 38.9 Å². The summed E-state index contributed by atoms with van der Waals surface area (Å²) in [6, 6.07) is 24.5. The molecule has 0 radical (unpaired) electrons. The number of hydrogen-bond donors (Lipinski definition) is 2. The number of para-hydroxylation sites is 1. The Hall–Kier alpha value is -5.92. The zero-order valence-corrected chi connectivity index (χ0v) is 29.6. The summed E-state index contributed by atoms with van der Waals surface area (Å²) in [5.41, 5.74) is 2.04. The van der Waals surface area contributed by atoms with Gasteiger partial charge >= 0.3 is 0 Å². The first kappa shape index (κ1) is 34.5. The number of rotatable bonds is 8. The van der Waals surface area contributed by atoms with Gasteiger partial charge in [0.25, 0.3) is 15.6 Å². The number of thiophene rings is 1. The van der Waals surface area contributed by atoms with Crippen molar-refractivity contribution < 1.29 is 27.5 Å². The second-order valence-electron chi connectivity index (χ2n) is 12.3. The van der Waals surface area contributed by atoms with E-state index in [1.807, 2.05) is 19.1 Å². The molecular formula is C39H31FN4O6S2. The lowest BCUT2D eigenvalue weighted by molar-refractivity contribution is -0.129. The maximum atomic E-state index is 14.3. The van der Waals surface area contributed by atoms with Crippen LogP contribution in [-0.4, -0.2) is 47.4 Å². The molecule has 13 heteroatoms. The fraction of sp³-hybridized carbons (Fsp3) is 0.128. The highest BCUT2D eigenvalue weighted by Gasteiger charge is 2.29. The number of aliphatic imine (C=N–C) groups is 1. The minimum atomic E-state index is -4.31. The molecule has 2 aromatic heterocycles. The van der Waals surface area contributed by atoms with Crippen molar-refractivity contribution in [2.75, 3.05) is 11.3 Å². The van der Waals surface area contributed by atoms with Crippen molar-refractivity contribution in [3.63, 3.8) is 0 Å². The van der Waals surface area contributed by atoms with Crippen LogP contribution in [0.3, 0.4) is 0 Å². The van der Waals surface area contributed by atoms with Gasteiger partial charge in [-0.2, -0.15) is 0 Å². The molecule has 4 aromatic carbocycles. The first-order chi connectivity index (χ1) is 24.9. The van der Waals surface area contributed by atoms with E-state index in [9.17, 15) is 32.3 Å². The van der Waals surface area contributed by atoms with E-state index in [4.69, 9.17) is 4.99 Å². The number of carbonyl (C=O) groups excluding carboxylic acids is 2. The maximum Gasteiger partial charge on any atom is 0.265 e. The van der Waals surface area contributed by atoms with Gasteiger partial charge in [0.15, 0.2) is 5.78 Å². The van der Waals surface area contributed by atoms with Crippen LogP contribution >= 0.6 is 11.3 Å². The lowest BCUT2D eigenvalue weighted by Crippen LogP contribution is -2.33. The predicted octanol–water partition coefficient (Wildman–Crippen LogP) is 6.89. The third kappa shape index (κ3) is 6.40. The van der Waals surface area contributed by atoms with Crippen molar-refractivity contribution in [1.29, 1.82) is 0 Å². The van der Waals surface area contributed by atoms with Crippen LogP contribution in [0.2, 0.25) is 0 Å². The first-order valence-electron chi connectivity index (χ1n) is 16.2. The van der Waals surface area contributed by atoms with Gasteiger partial charge in [0, 0.05) is 40.9 Å². The number of aromatic hydroxyl groups is 1. The van der Waals surface area contributed by atoms with Gasteiger partial charge in [-0.25, -0.2) is 22.4 Å². The molecule has 0 saturated carbocycles. The second-order valence-corrected chi connectivity index (χ2v) is 15.1. The molecule has 0 saturated heterocycles. The number of aryl methyl sites for hydroxylation is 1. The third-order valence-electron chi connectivity index (χ3n) is 8.94. The zero-order valence-electron chi connectivity index (χ0n) is 28.0. The van der Waals surface area contributed by atoms with Gasteiger partial charge in [0.2, 0.25) is 11.8 Å². The van der Waals surface area contributed by atoms with Crippen LogP contribution in [0.5, 0.6) is 5.88 Å². The van der Waals surface area contributed by atoms with E-state index >= 15 is 0 Å². The second kappa shape index (κ2) is 13.7. The molecule has 0 bridgehead atoms. The lowest BCUT2D eigenvalue weighted by atomic mass is 9.96. The molecule has 0 aliphatic carbocycles. The molecule has 6 aromatic rings. The number of hydrogen-bond acceptors (Lipinski definition) is 8. The number of halogens is 1. The highest BCUT2D eigenvalue weighted by atomic mass is 32.2. The Morgan fingerprint density at radius 1 is 0.962 bits per heavy atom. The standard InChI is InChI=1S/C39H31FN4O6S2/c1-23-14-16-25(17-15-23)36(46)35-30-18-19-43(24(2)45)22-34(30)51-37(35)41-21-31-28-10-3-4-11-29(28)38(47)44(39(31)48)26-8-7-9-27(20-26)52(49,50)42-33-13-6-5-12-32(33)40/h3-17,20-21,42,48H,18-19,22H2,1-2H3/b41-21+. The summed E-state index contributed by atoms with van der Waals surface area (Å²) in [5, 5.41) is 12.7. The van der Waals surface area contributed by atoms with Crippen molar-refractivity contribution in [2.45, 2.75) is 31.7 Å². The summed E-state index contributed by atoms with van der Waals surface area (Å²) in [4.78, 5) is 47.2. The van der Waals surface area contributed by atoms with E-state index in [0.717, 1.165) is 26.6 Å². The Labute approximate surface area is 302 Å². The minimum absolute atomic E-state index is 0.0328. The van der Waals surface area contributed by atoms with E-state index in [1.54, 1.807) is 41.3 Å². The van der Waals surface area contributed by atoms with Crippen molar-refractivity contribution in [1.82, 2.24) is 9.47 Å². The molecule has 10 nitrogen and oxygen atoms in total. The van der Waals surface area contributed by atoms with Gasteiger partial charge in [-0.15, -0.1) is 11.3 Å². The van der Waals surface area contributed by atoms with Gasteiger partial charge in [-0.3, -0.25) is 19.1 Å². The van der Waals surface area contributed by atoms with Crippen molar-refractivity contribution in [2.24, 2.45) is 4.99 Å². The Morgan fingerprint density at radius 3 is 2.40 bits per heavy atom.